The van der Waals surface area contributed by atoms with Crippen LogP contribution in [0, 0.1) is 0 Å². The standard InChI is InChI=1S/C12H14BrNO2/c13-10-7-9(8-12(15)16)3-4-11(10)14-5-1-2-6-14/h3-4,7H,1-2,5-6,8H2,(H,15,16). The van der Waals surface area contributed by atoms with E-state index in [0.29, 0.717) is 0 Å². The predicted octanol–water partition coefficient (Wildman–Crippen LogP) is 2.68. The van der Waals surface area contributed by atoms with E-state index in [9.17, 15) is 4.79 Å². The number of carboxylic acid groups (broad SMARTS) is 1. The lowest BCUT2D eigenvalue weighted by Gasteiger charge is -2.19. The van der Waals surface area contributed by atoms with Crippen LogP contribution in [0.25, 0.3) is 0 Å². The van der Waals surface area contributed by atoms with Gasteiger partial charge in [-0.15, -0.1) is 0 Å². The molecule has 2 rings (SSSR count). The number of carboxylic acids is 1. The molecule has 3 nitrogen and oxygen atoms in total. The molecule has 1 heterocycles. The molecule has 0 aliphatic carbocycles. The van der Waals surface area contributed by atoms with Gasteiger partial charge >= 0.3 is 5.97 Å². The van der Waals surface area contributed by atoms with E-state index >= 15 is 0 Å². The Morgan fingerprint density at radius 1 is 1.38 bits per heavy atom. The topological polar surface area (TPSA) is 40.5 Å². The van der Waals surface area contributed by atoms with Crippen molar-refractivity contribution in [2.24, 2.45) is 0 Å². The molecular formula is C12H14BrNO2. The van der Waals surface area contributed by atoms with Gasteiger partial charge < -0.3 is 10.0 Å². The van der Waals surface area contributed by atoms with Gasteiger partial charge in [0.15, 0.2) is 0 Å². The molecule has 0 unspecified atom stereocenters. The highest BCUT2D eigenvalue weighted by atomic mass is 79.9. The molecule has 1 aliphatic rings. The van der Waals surface area contributed by atoms with Crippen LogP contribution in [-0.2, 0) is 11.2 Å². The second-order valence-electron chi connectivity index (χ2n) is 4.05. The van der Waals surface area contributed by atoms with Gasteiger partial charge in [-0.3, -0.25) is 4.79 Å². The maximum absolute atomic E-state index is 10.6. The largest absolute Gasteiger partial charge is 0.481 e. The van der Waals surface area contributed by atoms with Crippen LogP contribution >= 0.6 is 15.9 Å². The van der Waals surface area contributed by atoms with Crippen molar-refractivity contribution < 1.29 is 9.90 Å². The molecule has 4 heteroatoms. The number of halogens is 1. The minimum atomic E-state index is -0.791. The molecule has 0 amide bonds. The molecule has 0 atom stereocenters. The highest BCUT2D eigenvalue weighted by Crippen LogP contribution is 2.30. The molecular weight excluding hydrogens is 270 g/mol. The van der Waals surface area contributed by atoms with Gasteiger partial charge in [0.2, 0.25) is 0 Å². The zero-order valence-corrected chi connectivity index (χ0v) is 10.5. The van der Waals surface area contributed by atoms with Crippen molar-refractivity contribution in [3.63, 3.8) is 0 Å². The summed E-state index contributed by atoms with van der Waals surface area (Å²) in [6.45, 7) is 2.19. The SMILES string of the molecule is O=C(O)Cc1ccc(N2CCCC2)c(Br)c1. The summed E-state index contributed by atoms with van der Waals surface area (Å²) in [4.78, 5) is 12.9. The maximum Gasteiger partial charge on any atom is 0.307 e. The van der Waals surface area contributed by atoms with Gasteiger partial charge in [0.1, 0.15) is 0 Å². The summed E-state index contributed by atoms with van der Waals surface area (Å²) in [6.07, 6.45) is 2.56. The van der Waals surface area contributed by atoms with E-state index in [1.54, 1.807) is 0 Å². The van der Waals surface area contributed by atoms with E-state index in [-0.39, 0.29) is 6.42 Å². The highest BCUT2D eigenvalue weighted by molar-refractivity contribution is 9.10. The first-order valence-electron chi connectivity index (χ1n) is 5.42. The fourth-order valence-corrected chi connectivity index (χ4v) is 2.73. The molecule has 16 heavy (non-hydrogen) atoms. The molecule has 0 saturated carbocycles. The van der Waals surface area contributed by atoms with Crippen LogP contribution in [0.4, 0.5) is 5.69 Å². The van der Waals surface area contributed by atoms with Gasteiger partial charge in [-0.2, -0.15) is 0 Å². The Labute approximate surface area is 103 Å². The number of hydrogen-bond acceptors (Lipinski definition) is 2. The first kappa shape index (κ1) is 11.5. The lowest BCUT2D eigenvalue weighted by atomic mass is 10.1. The minimum absolute atomic E-state index is 0.0822. The first-order chi connectivity index (χ1) is 7.66. The number of nitrogens with zero attached hydrogens (tertiary/aromatic N) is 1. The van der Waals surface area contributed by atoms with Crippen LogP contribution in [-0.4, -0.2) is 24.2 Å². The summed E-state index contributed by atoms with van der Waals surface area (Å²) in [5, 5.41) is 8.71. The molecule has 1 N–H and O–H groups in total. The van der Waals surface area contributed by atoms with E-state index in [0.717, 1.165) is 23.1 Å². The monoisotopic (exact) mass is 283 g/mol. The number of rotatable bonds is 3. The zero-order valence-electron chi connectivity index (χ0n) is 8.95. The van der Waals surface area contributed by atoms with Crippen LogP contribution in [0.5, 0.6) is 0 Å². The van der Waals surface area contributed by atoms with Crippen molar-refractivity contribution in [3.8, 4) is 0 Å². The normalized spacial score (nSPS) is 15.4. The third-order valence-corrected chi connectivity index (χ3v) is 3.45. The molecule has 1 saturated heterocycles. The molecule has 1 aromatic carbocycles. The summed E-state index contributed by atoms with van der Waals surface area (Å²) in [5.41, 5.74) is 2.01. The van der Waals surface area contributed by atoms with Gasteiger partial charge in [-0.05, 0) is 46.5 Å². The predicted molar refractivity (Wildman–Crippen MR) is 66.9 cm³/mol. The minimum Gasteiger partial charge on any atom is -0.481 e. The second kappa shape index (κ2) is 4.87. The Hall–Kier alpha value is -1.03. The summed E-state index contributed by atoms with van der Waals surface area (Å²) < 4.78 is 0.994. The fraction of sp³-hybridized carbons (Fsp3) is 0.417. The fourth-order valence-electron chi connectivity index (χ4n) is 2.05. The van der Waals surface area contributed by atoms with Gasteiger partial charge in [0.05, 0.1) is 12.1 Å². The summed E-state index contributed by atoms with van der Waals surface area (Å²) in [6, 6.07) is 5.81. The third kappa shape index (κ3) is 2.55. The number of aliphatic carboxylic acids is 1. The van der Waals surface area contributed by atoms with Gasteiger partial charge in [0.25, 0.3) is 0 Å². The average molecular weight is 284 g/mol. The molecule has 1 aromatic rings. The van der Waals surface area contributed by atoms with E-state index in [2.05, 4.69) is 20.8 Å². The zero-order chi connectivity index (χ0) is 11.5. The van der Waals surface area contributed by atoms with Crippen molar-refractivity contribution in [2.45, 2.75) is 19.3 Å². The summed E-state index contributed by atoms with van der Waals surface area (Å²) in [7, 11) is 0. The van der Waals surface area contributed by atoms with Crippen LogP contribution < -0.4 is 4.90 Å². The van der Waals surface area contributed by atoms with Crippen molar-refractivity contribution >= 4 is 27.6 Å². The van der Waals surface area contributed by atoms with E-state index in [1.165, 1.54) is 18.5 Å². The number of benzene rings is 1. The van der Waals surface area contributed by atoms with E-state index in [4.69, 9.17) is 5.11 Å². The number of anilines is 1. The first-order valence-corrected chi connectivity index (χ1v) is 6.21. The molecule has 0 bridgehead atoms. The molecule has 1 aliphatic heterocycles. The summed E-state index contributed by atoms with van der Waals surface area (Å²) in [5.74, 6) is -0.791. The quantitative estimate of drug-likeness (QED) is 0.927. The Balaban J connectivity index is 2.18. The van der Waals surface area contributed by atoms with Gasteiger partial charge in [0, 0.05) is 17.6 Å². The maximum atomic E-state index is 10.6. The second-order valence-corrected chi connectivity index (χ2v) is 4.90. The summed E-state index contributed by atoms with van der Waals surface area (Å²) >= 11 is 3.51. The van der Waals surface area contributed by atoms with Crippen molar-refractivity contribution in [1.29, 1.82) is 0 Å². The Bertz CT molecular complexity index is 400. The Morgan fingerprint density at radius 3 is 2.62 bits per heavy atom. The lowest BCUT2D eigenvalue weighted by Crippen LogP contribution is -2.18. The molecule has 0 radical (unpaired) electrons. The van der Waals surface area contributed by atoms with E-state index in [1.807, 2.05) is 18.2 Å². The number of carbonyl (C=O) groups is 1. The Kier molecular flexibility index (Phi) is 3.49. The molecule has 1 fully saturated rings. The average Bonchev–Trinajstić information content (AvgIpc) is 2.69. The van der Waals surface area contributed by atoms with Gasteiger partial charge in [-0.25, -0.2) is 0 Å². The van der Waals surface area contributed by atoms with E-state index < -0.39 is 5.97 Å². The smallest absolute Gasteiger partial charge is 0.307 e. The van der Waals surface area contributed by atoms with Crippen molar-refractivity contribution in [1.82, 2.24) is 0 Å². The molecule has 0 aromatic heterocycles. The van der Waals surface area contributed by atoms with Crippen molar-refractivity contribution in [2.75, 3.05) is 18.0 Å². The third-order valence-electron chi connectivity index (χ3n) is 2.81. The molecule has 0 spiro atoms. The van der Waals surface area contributed by atoms with Crippen LogP contribution in [0.2, 0.25) is 0 Å². The van der Waals surface area contributed by atoms with Crippen molar-refractivity contribution in [3.05, 3.63) is 28.2 Å². The van der Waals surface area contributed by atoms with Gasteiger partial charge in [-0.1, -0.05) is 6.07 Å². The lowest BCUT2D eigenvalue weighted by molar-refractivity contribution is -0.136. The van der Waals surface area contributed by atoms with Crippen LogP contribution in [0.3, 0.4) is 0 Å². The van der Waals surface area contributed by atoms with Crippen LogP contribution in [0.15, 0.2) is 22.7 Å². The Morgan fingerprint density at radius 2 is 2.06 bits per heavy atom. The number of hydrogen-bond donors (Lipinski definition) is 1. The highest BCUT2D eigenvalue weighted by Gasteiger charge is 2.15. The van der Waals surface area contributed by atoms with Crippen LogP contribution in [0.1, 0.15) is 18.4 Å². The molecule has 86 valence electrons.